The molecule has 0 spiro atoms. The number of nitrogens with one attached hydrogen (secondary N) is 4. The number of amides is 8. The molecule has 1 aliphatic rings. The van der Waals surface area contributed by atoms with Crippen LogP contribution in [0.5, 0.6) is 0 Å². The minimum absolute atomic E-state index is 0.0913. The lowest BCUT2D eigenvalue weighted by atomic mass is 9.99. The first-order valence-corrected chi connectivity index (χ1v) is 22.5. The van der Waals surface area contributed by atoms with Crippen molar-refractivity contribution in [3.63, 3.8) is 0 Å². The van der Waals surface area contributed by atoms with Crippen LogP contribution in [0.4, 0.5) is 0 Å². The van der Waals surface area contributed by atoms with Crippen LogP contribution >= 0.6 is 0 Å². The van der Waals surface area contributed by atoms with Crippen LogP contribution < -0.4 is 21.3 Å². The summed E-state index contributed by atoms with van der Waals surface area (Å²) in [6, 6.07) is 3.12. The van der Waals surface area contributed by atoms with Gasteiger partial charge in [-0.2, -0.15) is 0 Å². The molecule has 1 fully saturated rings. The van der Waals surface area contributed by atoms with E-state index in [4.69, 9.17) is 0 Å². The highest BCUT2D eigenvalue weighted by Gasteiger charge is 2.37. The molecule has 0 radical (unpaired) electrons. The van der Waals surface area contributed by atoms with Gasteiger partial charge in [0.2, 0.25) is 47.3 Å². The van der Waals surface area contributed by atoms with E-state index in [9.17, 15) is 43.5 Å². The zero-order valence-electron chi connectivity index (χ0n) is 39.6. The molecule has 8 amide bonds. The van der Waals surface area contributed by atoms with Crippen LogP contribution in [0.3, 0.4) is 0 Å². The molecule has 0 bridgehead atoms. The fraction of sp³-hybridized carbons (Fsp3) is 0.696. The monoisotopic (exact) mass is 885 g/mol. The number of likely N-dealkylation sites (tertiary alicyclic amines) is 1. The fourth-order valence-electron chi connectivity index (χ4n) is 7.39. The van der Waals surface area contributed by atoms with Gasteiger partial charge in [0.25, 0.3) is 0 Å². The van der Waals surface area contributed by atoms with E-state index in [0.717, 1.165) is 31.2 Å². The molecule has 6 atom stereocenters. The van der Waals surface area contributed by atoms with Crippen molar-refractivity contribution in [2.24, 2.45) is 17.8 Å². The van der Waals surface area contributed by atoms with Crippen molar-refractivity contribution in [3.05, 3.63) is 35.9 Å². The van der Waals surface area contributed by atoms with Gasteiger partial charge in [0.05, 0.1) is 19.1 Å². The van der Waals surface area contributed by atoms with E-state index >= 15 is 0 Å². The Morgan fingerprint density at radius 2 is 1.25 bits per heavy atom. The lowest BCUT2D eigenvalue weighted by molar-refractivity contribution is -0.148. The molecule has 0 aromatic heterocycles. The number of carbonyl (C=O) groups excluding carboxylic acids is 8. The van der Waals surface area contributed by atoms with Gasteiger partial charge in [-0.3, -0.25) is 38.4 Å². The third-order valence-corrected chi connectivity index (χ3v) is 11.1. The van der Waals surface area contributed by atoms with Gasteiger partial charge in [-0.25, -0.2) is 0 Å². The van der Waals surface area contributed by atoms with E-state index in [0.29, 0.717) is 25.6 Å². The number of hydrogen-bond donors (Lipinski definition) is 5. The molecule has 1 saturated heterocycles. The minimum Gasteiger partial charge on any atom is -0.391 e. The number of aliphatic hydroxyl groups excluding tert-OH is 1. The van der Waals surface area contributed by atoms with Crippen LogP contribution in [0.2, 0.25) is 0 Å². The summed E-state index contributed by atoms with van der Waals surface area (Å²) in [5, 5.41) is 20.7. The van der Waals surface area contributed by atoms with Crippen LogP contribution in [0.15, 0.2) is 30.3 Å². The Kier molecular flexibility index (Phi) is 22.8. The topological polar surface area (TPSA) is 218 Å². The molecule has 1 aromatic rings. The Labute approximate surface area is 374 Å². The maximum absolute atomic E-state index is 14.5. The van der Waals surface area contributed by atoms with Crippen LogP contribution in [-0.2, 0) is 44.8 Å². The summed E-state index contributed by atoms with van der Waals surface area (Å²) in [5.41, 5.74) is 0.784. The third-order valence-electron chi connectivity index (χ3n) is 11.1. The third kappa shape index (κ3) is 18.7. The average molecular weight is 885 g/mol. The van der Waals surface area contributed by atoms with E-state index in [-0.39, 0.29) is 43.6 Å². The molecule has 0 aliphatic carbocycles. The minimum atomic E-state index is -1.37. The standard InChI is InChI=1S/C46H76N8O9/c1-29(2)20-23-51(9)40(58)28-52(10)46(63)38(26-34-18-14-12-15-19-34)53(11)44(61)36(25-31(5)6)48-39(57)27-37(45(62)54-21-16-13-17-22-54)50-42(59)35(24-30(3)4)49-43(60)41(32(7)55)47-33(8)56/h12,14-15,18-19,29-32,35-38,41,55H,13,16-17,20-28H2,1-11H3,(H,47,56)(H,48,57)(H,49,60)(H,50,59)/t32-,35+,36+,37+,38+,41+/m1/s1. The van der Waals surface area contributed by atoms with Gasteiger partial charge in [-0.1, -0.05) is 71.9 Å². The van der Waals surface area contributed by atoms with Crippen LogP contribution in [0.25, 0.3) is 0 Å². The van der Waals surface area contributed by atoms with Gasteiger partial charge in [0.1, 0.15) is 30.2 Å². The molecule has 2 rings (SSSR count). The lowest BCUT2D eigenvalue weighted by Gasteiger charge is -2.34. The number of benzene rings is 1. The molecule has 63 heavy (non-hydrogen) atoms. The maximum Gasteiger partial charge on any atom is 0.245 e. The summed E-state index contributed by atoms with van der Waals surface area (Å²) in [7, 11) is 4.72. The Hall–Kier alpha value is -5.06. The summed E-state index contributed by atoms with van der Waals surface area (Å²) in [5.74, 6) is -4.33. The fourth-order valence-corrected chi connectivity index (χ4v) is 7.39. The summed E-state index contributed by atoms with van der Waals surface area (Å²) in [4.78, 5) is 115. The number of likely N-dealkylation sites (N-methyl/N-ethyl adjacent to an activating group) is 3. The second-order valence-corrected chi connectivity index (χ2v) is 18.4. The zero-order valence-corrected chi connectivity index (χ0v) is 39.6. The molecule has 0 saturated carbocycles. The van der Waals surface area contributed by atoms with Crippen molar-refractivity contribution in [2.75, 3.05) is 47.3 Å². The first kappa shape index (κ1) is 54.1. The van der Waals surface area contributed by atoms with Crippen LogP contribution in [0, 0.1) is 17.8 Å². The van der Waals surface area contributed by atoms with Gasteiger partial charge in [-0.05, 0) is 68.8 Å². The summed E-state index contributed by atoms with van der Waals surface area (Å²) >= 11 is 0. The number of aliphatic hydroxyl groups is 1. The zero-order chi connectivity index (χ0) is 47.6. The van der Waals surface area contributed by atoms with Gasteiger partial charge >= 0.3 is 0 Å². The van der Waals surface area contributed by atoms with E-state index in [2.05, 4.69) is 35.1 Å². The number of rotatable bonds is 24. The average Bonchev–Trinajstić information content (AvgIpc) is 3.21. The highest BCUT2D eigenvalue weighted by atomic mass is 16.3. The van der Waals surface area contributed by atoms with Crippen molar-refractivity contribution in [2.45, 2.75) is 143 Å². The molecule has 5 N–H and O–H groups in total. The van der Waals surface area contributed by atoms with E-state index in [1.54, 1.807) is 16.8 Å². The summed E-state index contributed by atoms with van der Waals surface area (Å²) in [6.07, 6.45) is 1.87. The van der Waals surface area contributed by atoms with Crippen LogP contribution in [-0.4, -0.2) is 156 Å². The largest absolute Gasteiger partial charge is 0.391 e. The smallest absolute Gasteiger partial charge is 0.245 e. The molecule has 17 nitrogen and oxygen atoms in total. The molecule has 1 aliphatic heterocycles. The Morgan fingerprint density at radius 3 is 1.79 bits per heavy atom. The van der Waals surface area contributed by atoms with Gasteiger partial charge < -0.3 is 46.0 Å². The molecule has 1 aromatic carbocycles. The van der Waals surface area contributed by atoms with Gasteiger partial charge in [-0.15, -0.1) is 0 Å². The molecule has 17 heteroatoms. The number of hydrogen-bond acceptors (Lipinski definition) is 9. The van der Waals surface area contributed by atoms with Crippen LogP contribution in [0.1, 0.15) is 106 Å². The molecular weight excluding hydrogens is 809 g/mol. The Morgan fingerprint density at radius 1 is 0.683 bits per heavy atom. The first-order valence-electron chi connectivity index (χ1n) is 22.5. The van der Waals surface area contributed by atoms with Gasteiger partial charge in [0.15, 0.2) is 0 Å². The van der Waals surface area contributed by atoms with Crippen molar-refractivity contribution >= 4 is 47.3 Å². The van der Waals surface area contributed by atoms with E-state index in [1.807, 2.05) is 58.0 Å². The quantitative estimate of drug-likeness (QED) is 0.102. The first-order chi connectivity index (χ1) is 29.5. The van der Waals surface area contributed by atoms with Crippen molar-refractivity contribution in [1.29, 1.82) is 0 Å². The van der Waals surface area contributed by atoms with E-state index < -0.39 is 84.1 Å². The van der Waals surface area contributed by atoms with Crippen molar-refractivity contribution in [3.8, 4) is 0 Å². The molecule has 1 heterocycles. The lowest BCUT2D eigenvalue weighted by Crippen LogP contribution is -2.60. The number of carbonyl (C=O) groups is 8. The SMILES string of the molecule is CC(=O)N[C@H](C(=O)N[C@@H](CC(C)C)C(=O)N[C@@H](CC(=O)N[C@@H](CC(C)C)C(=O)N(C)[C@@H](Cc1ccccc1)C(=O)N(C)CC(=O)N(C)CCC(C)C)C(=O)N1CCCCC1)[C@@H](C)O. The predicted molar refractivity (Wildman–Crippen MR) is 240 cm³/mol. The summed E-state index contributed by atoms with van der Waals surface area (Å²) in [6.45, 7) is 15.3. The molecule has 354 valence electrons. The second-order valence-electron chi connectivity index (χ2n) is 18.4. The van der Waals surface area contributed by atoms with Gasteiger partial charge in [0, 0.05) is 54.1 Å². The van der Waals surface area contributed by atoms with E-state index in [1.165, 1.54) is 37.7 Å². The highest BCUT2D eigenvalue weighted by molar-refractivity contribution is 5.97. The van der Waals surface area contributed by atoms with Crippen molar-refractivity contribution in [1.82, 2.24) is 40.9 Å². The highest BCUT2D eigenvalue weighted by Crippen LogP contribution is 2.17. The Bertz CT molecular complexity index is 1680. The number of piperidine rings is 1. The van der Waals surface area contributed by atoms with Crippen molar-refractivity contribution < 1.29 is 43.5 Å². The maximum atomic E-state index is 14.5. The predicted octanol–water partition coefficient (Wildman–Crippen LogP) is 1.85. The second kappa shape index (κ2) is 26.5. The normalized spacial score (nSPS) is 15.6. The Balaban J connectivity index is 2.42. The molecular formula is C46H76N8O9. The number of nitrogens with zero attached hydrogens (tertiary/aromatic N) is 4. The summed E-state index contributed by atoms with van der Waals surface area (Å²) < 4.78 is 0. The molecule has 0 unspecified atom stereocenters.